The molecular weight excluding hydrogens is 222 g/mol. The number of nitrogens with zero attached hydrogens (tertiary/aromatic N) is 2. The van der Waals surface area contributed by atoms with Crippen molar-refractivity contribution in [3.8, 4) is 0 Å². The summed E-state index contributed by atoms with van der Waals surface area (Å²) in [6.07, 6.45) is 6.96. The van der Waals surface area contributed by atoms with E-state index in [-0.39, 0.29) is 0 Å². The topological polar surface area (TPSA) is 29.9 Å². The molecule has 18 heavy (non-hydrogen) atoms. The summed E-state index contributed by atoms with van der Waals surface area (Å²) in [5.74, 6) is 2.47. The Balaban J connectivity index is 1.86. The third-order valence-electron chi connectivity index (χ3n) is 3.59. The van der Waals surface area contributed by atoms with Crippen LogP contribution in [0.25, 0.3) is 0 Å². The molecule has 3 heteroatoms. The molecule has 1 heterocycles. The molecule has 100 valence electrons. The lowest BCUT2D eigenvalue weighted by molar-refractivity contribution is 0.420. The van der Waals surface area contributed by atoms with Gasteiger partial charge in [0.05, 0.1) is 0 Å². The van der Waals surface area contributed by atoms with Crippen molar-refractivity contribution in [2.75, 3.05) is 11.9 Å². The molecule has 0 spiro atoms. The van der Waals surface area contributed by atoms with Gasteiger partial charge in [-0.05, 0) is 45.4 Å². The van der Waals surface area contributed by atoms with E-state index in [0.717, 1.165) is 24.2 Å². The van der Waals surface area contributed by atoms with E-state index in [2.05, 4.69) is 50.3 Å². The van der Waals surface area contributed by atoms with Crippen molar-refractivity contribution in [2.45, 2.75) is 46.6 Å². The van der Waals surface area contributed by atoms with Crippen LogP contribution in [-0.2, 0) is 0 Å². The molecule has 0 radical (unpaired) electrons. The Morgan fingerprint density at radius 1 is 1.50 bits per heavy atom. The number of allylic oxidation sites excluding steroid dienone is 2. The fraction of sp³-hybridized carbons (Fsp3) is 0.667. The first-order valence-electron chi connectivity index (χ1n) is 7.01. The number of aromatic nitrogens is 2. The SMILES string of the molecule is CC1=CC(C)CC(CNc2ccn(C(C)C)n2)C1. The van der Waals surface area contributed by atoms with Crippen molar-refractivity contribution in [1.29, 1.82) is 0 Å². The first kappa shape index (κ1) is 13.2. The van der Waals surface area contributed by atoms with E-state index in [1.807, 2.05) is 10.9 Å². The van der Waals surface area contributed by atoms with Gasteiger partial charge in [0.1, 0.15) is 5.82 Å². The summed E-state index contributed by atoms with van der Waals surface area (Å²) in [5.41, 5.74) is 1.54. The molecule has 2 rings (SSSR count). The zero-order valence-electron chi connectivity index (χ0n) is 12.0. The lowest BCUT2D eigenvalue weighted by Gasteiger charge is -2.25. The van der Waals surface area contributed by atoms with Gasteiger partial charge in [-0.3, -0.25) is 4.68 Å². The number of rotatable bonds is 4. The Hall–Kier alpha value is -1.25. The van der Waals surface area contributed by atoms with Crippen LogP contribution in [0.15, 0.2) is 23.9 Å². The Morgan fingerprint density at radius 3 is 2.89 bits per heavy atom. The van der Waals surface area contributed by atoms with Gasteiger partial charge in [-0.25, -0.2) is 0 Å². The van der Waals surface area contributed by atoms with Crippen LogP contribution >= 0.6 is 0 Å². The minimum atomic E-state index is 0.431. The summed E-state index contributed by atoms with van der Waals surface area (Å²) in [6.45, 7) is 9.88. The fourth-order valence-electron chi connectivity index (χ4n) is 2.81. The highest BCUT2D eigenvalue weighted by Gasteiger charge is 2.18. The lowest BCUT2D eigenvalue weighted by Crippen LogP contribution is -2.20. The minimum absolute atomic E-state index is 0.431. The summed E-state index contributed by atoms with van der Waals surface area (Å²) >= 11 is 0. The predicted octanol–water partition coefficient (Wildman–Crippen LogP) is 3.87. The third kappa shape index (κ3) is 3.37. The smallest absolute Gasteiger partial charge is 0.148 e. The molecule has 1 N–H and O–H groups in total. The van der Waals surface area contributed by atoms with Gasteiger partial charge in [0, 0.05) is 24.8 Å². The van der Waals surface area contributed by atoms with Crippen molar-refractivity contribution in [3.05, 3.63) is 23.9 Å². The fourth-order valence-corrected chi connectivity index (χ4v) is 2.81. The summed E-state index contributed by atoms with van der Waals surface area (Å²) < 4.78 is 2.00. The van der Waals surface area contributed by atoms with Gasteiger partial charge in [-0.1, -0.05) is 18.6 Å². The second-order valence-electron chi connectivity index (χ2n) is 5.95. The monoisotopic (exact) mass is 247 g/mol. The molecule has 2 atom stereocenters. The summed E-state index contributed by atoms with van der Waals surface area (Å²) in [4.78, 5) is 0. The van der Waals surface area contributed by atoms with Crippen molar-refractivity contribution >= 4 is 5.82 Å². The van der Waals surface area contributed by atoms with Gasteiger partial charge in [-0.15, -0.1) is 0 Å². The van der Waals surface area contributed by atoms with Crippen LogP contribution in [0.3, 0.4) is 0 Å². The second kappa shape index (κ2) is 5.59. The standard InChI is InChI=1S/C15H25N3/c1-11(2)18-6-5-15(17-18)16-10-14-8-12(3)7-13(4)9-14/h5-7,11-12,14H,8-10H2,1-4H3,(H,16,17). The molecule has 0 fully saturated rings. The molecule has 0 aliphatic heterocycles. The molecule has 3 nitrogen and oxygen atoms in total. The molecule has 0 bridgehead atoms. The van der Waals surface area contributed by atoms with Gasteiger partial charge in [-0.2, -0.15) is 5.10 Å². The molecule has 0 saturated carbocycles. The lowest BCUT2D eigenvalue weighted by atomic mass is 9.84. The average Bonchev–Trinajstić information content (AvgIpc) is 2.73. The molecule has 1 aromatic heterocycles. The highest BCUT2D eigenvalue weighted by Crippen LogP contribution is 2.27. The van der Waals surface area contributed by atoms with Crippen LogP contribution in [0.1, 0.15) is 46.6 Å². The van der Waals surface area contributed by atoms with Crippen LogP contribution in [0.4, 0.5) is 5.82 Å². The van der Waals surface area contributed by atoms with E-state index in [9.17, 15) is 0 Å². The quantitative estimate of drug-likeness (QED) is 0.819. The molecule has 0 amide bonds. The van der Waals surface area contributed by atoms with Gasteiger partial charge < -0.3 is 5.32 Å². The van der Waals surface area contributed by atoms with E-state index in [1.54, 1.807) is 0 Å². The third-order valence-corrected chi connectivity index (χ3v) is 3.59. The van der Waals surface area contributed by atoms with Crippen molar-refractivity contribution in [3.63, 3.8) is 0 Å². The maximum absolute atomic E-state index is 4.52. The minimum Gasteiger partial charge on any atom is -0.368 e. The van der Waals surface area contributed by atoms with E-state index in [1.165, 1.54) is 18.4 Å². The Kier molecular flexibility index (Phi) is 4.10. The van der Waals surface area contributed by atoms with Gasteiger partial charge >= 0.3 is 0 Å². The van der Waals surface area contributed by atoms with Gasteiger partial charge in [0.15, 0.2) is 0 Å². The van der Waals surface area contributed by atoms with Crippen LogP contribution < -0.4 is 5.32 Å². The molecule has 1 aliphatic rings. The highest BCUT2D eigenvalue weighted by molar-refractivity contribution is 5.32. The van der Waals surface area contributed by atoms with Gasteiger partial charge in [0.2, 0.25) is 0 Å². The van der Waals surface area contributed by atoms with Crippen molar-refractivity contribution in [2.24, 2.45) is 11.8 Å². The molecule has 0 saturated heterocycles. The first-order valence-corrected chi connectivity index (χ1v) is 7.01. The van der Waals surface area contributed by atoms with E-state index in [4.69, 9.17) is 0 Å². The maximum atomic E-state index is 4.52. The second-order valence-corrected chi connectivity index (χ2v) is 5.95. The zero-order valence-corrected chi connectivity index (χ0v) is 12.0. The molecular formula is C15H25N3. The highest BCUT2D eigenvalue weighted by atomic mass is 15.3. The van der Waals surface area contributed by atoms with Gasteiger partial charge in [0.25, 0.3) is 0 Å². The number of nitrogens with one attached hydrogen (secondary N) is 1. The summed E-state index contributed by atoms with van der Waals surface area (Å²) in [7, 11) is 0. The molecule has 2 unspecified atom stereocenters. The average molecular weight is 247 g/mol. The summed E-state index contributed by atoms with van der Waals surface area (Å²) in [6, 6.07) is 2.50. The van der Waals surface area contributed by atoms with Crippen molar-refractivity contribution < 1.29 is 0 Å². The van der Waals surface area contributed by atoms with E-state index < -0.39 is 0 Å². The first-order chi connectivity index (χ1) is 8.54. The Bertz CT molecular complexity index is 417. The number of hydrogen-bond acceptors (Lipinski definition) is 2. The maximum Gasteiger partial charge on any atom is 0.148 e. The number of hydrogen-bond donors (Lipinski definition) is 1. The zero-order chi connectivity index (χ0) is 13.1. The van der Waals surface area contributed by atoms with Crippen LogP contribution in [0.2, 0.25) is 0 Å². The van der Waals surface area contributed by atoms with E-state index in [0.29, 0.717) is 6.04 Å². The normalized spacial score (nSPS) is 24.2. The summed E-state index contributed by atoms with van der Waals surface area (Å²) in [5, 5.41) is 7.99. The van der Waals surface area contributed by atoms with Crippen LogP contribution in [-0.4, -0.2) is 16.3 Å². The largest absolute Gasteiger partial charge is 0.368 e. The van der Waals surface area contributed by atoms with Crippen molar-refractivity contribution in [1.82, 2.24) is 9.78 Å². The molecule has 1 aliphatic carbocycles. The van der Waals surface area contributed by atoms with E-state index >= 15 is 0 Å². The Labute approximate surface area is 110 Å². The van der Waals surface area contributed by atoms with Crippen LogP contribution in [0, 0.1) is 11.8 Å². The number of anilines is 1. The van der Waals surface area contributed by atoms with Crippen LogP contribution in [0.5, 0.6) is 0 Å². The predicted molar refractivity (Wildman–Crippen MR) is 76.7 cm³/mol. The molecule has 0 aromatic carbocycles. The molecule has 1 aromatic rings. The Morgan fingerprint density at radius 2 is 2.28 bits per heavy atom.